The topological polar surface area (TPSA) is 108 Å². The molecule has 2 N–H and O–H groups in total. The lowest BCUT2D eigenvalue weighted by Crippen LogP contribution is -2.45. The molecule has 0 aliphatic heterocycles. The third kappa shape index (κ3) is 57.5. The zero-order chi connectivity index (χ0) is 53.5. The van der Waals surface area contributed by atoms with Gasteiger partial charge >= 0.3 is 0 Å². The Morgan fingerprint density at radius 2 is 0.849 bits per heavy atom. The predicted molar refractivity (Wildman–Crippen MR) is 316 cm³/mol. The minimum atomic E-state index is -4.61. The number of likely N-dealkylation sites (N-methyl/N-ethyl adjacent to an activating group) is 1. The number of carbonyl (C=O) groups excluding carboxylic acids is 1. The van der Waals surface area contributed by atoms with Crippen molar-refractivity contribution in [2.75, 3.05) is 40.9 Å². The molecule has 0 aliphatic carbocycles. The number of hydrogen-bond donors (Lipinski definition) is 2. The SMILES string of the molecule is CC/C=C\C/C=C\C/C=C\C/C=C\CCCCCCCCCCCCC(=O)NC(COP(=O)([O-])OCC[N+](C)(C)C)C(O)/C=C/CC/C=C/CCCCCCCCCCCCCCCCCCCCCCCC. The Morgan fingerprint density at radius 1 is 0.493 bits per heavy atom. The third-order valence-electron chi connectivity index (χ3n) is 13.7. The molecular formula is C64H119N2O6P. The summed E-state index contributed by atoms with van der Waals surface area (Å²) < 4.78 is 23.4. The molecule has 73 heavy (non-hydrogen) atoms. The van der Waals surface area contributed by atoms with Crippen molar-refractivity contribution in [3.05, 3.63) is 72.9 Å². The second-order valence-corrected chi connectivity index (χ2v) is 23.4. The quantitative estimate of drug-likeness (QED) is 0.0272. The molecule has 0 spiro atoms. The van der Waals surface area contributed by atoms with Gasteiger partial charge in [0.1, 0.15) is 13.2 Å². The second-order valence-electron chi connectivity index (χ2n) is 22.0. The molecule has 0 aromatic rings. The average Bonchev–Trinajstić information content (AvgIpc) is 3.35. The predicted octanol–water partition coefficient (Wildman–Crippen LogP) is 18.4. The van der Waals surface area contributed by atoms with Gasteiger partial charge in [-0.2, -0.15) is 0 Å². The number of amides is 1. The second kappa shape index (κ2) is 54.7. The molecule has 9 heteroatoms. The van der Waals surface area contributed by atoms with Crippen LogP contribution in [0.4, 0.5) is 0 Å². The van der Waals surface area contributed by atoms with Crippen molar-refractivity contribution in [2.24, 2.45) is 0 Å². The van der Waals surface area contributed by atoms with Crippen LogP contribution in [0.5, 0.6) is 0 Å². The van der Waals surface area contributed by atoms with E-state index in [0.717, 1.165) is 70.6 Å². The van der Waals surface area contributed by atoms with Gasteiger partial charge in [0, 0.05) is 6.42 Å². The van der Waals surface area contributed by atoms with E-state index in [1.165, 1.54) is 186 Å². The van der Waals surface area contributed by atoms with Crippen molar-refractivity contribution in [3.8, 4) is 0 Å². The number of quaternary nitrogens is 1. The summed E-state index contributed by atoms with van der Waals surface area (Å²) in [5.74, 6) is -0.212. The molecule has 3 atom stereocenters. The number of phosphoric ester groups is 1. The summed E-state index contributed by atoms with van der Waals surface area (Å²) >= 11 is 0. The van der Waals surface area contributed by atoms with Gasteiger partial charge in [0.25, 0.3) is 7.82 Å². The van der Waals surface area contributed by atoms with E-state index in [1.54, 1.807) is 6.08 Å². The number of hydrogen-bond acceptors (Lipinski definition) is 6. The largest absolute Gasteiger partial charge is 0.756 e. The standard InChI is InChI=1S/C64H119N2O6P/c1-6-8-10-12-14-16-18-20-22-24-26-28-30-31-32-33-34-36-37-39-41-43-45-47-49-51-53-55-57-63(67)62(61-72-73(69,70)71-60-59-66(3,4)5)65-64(68)58-56-54-52-50-48-46-44-42-40-38-35-29-27-25-23-21-19-17-15-13-11-9-7-2/h9,11,15,17,21,23,27,29,47,49,55,57,62-63,67H,6-8,10,12-14,16,18-20,22,24-26,28,30-46,48,50-54,56,58-61H2,1-5H3,(H-,65,68,69,70)/b11-9-,17-15-,23-21-,29-27-,49-47+,57-55+. The lowest BCUT2D eigenvalue weighted by molar-refractivity contribution is -0.870. The summed E-state index contributed by atoms with van der Waals surface area (Å²) in [5, 5.41) is 13.9. The first-order valence-corrected chi connectivity index (χ1v) is 32.3. The number of carbonyl (C=O) groups is 1. The maximum absolute atomic E-state index is 13.0. The third-order valence-corrected chi connectivity index (χ3v) is 14.6. The van der Waals surface area contributed by atoms with E-state index in [4.69, 9.17) is 9.05 Å². The average molecular weight is 1040 g/mol. The van der Waals surface area contributed by atoms with Crippen molar-refractivity contribution in [3.63, 3.8) is 0 Å². The minimum Gasteiger partial charge on any atom is -0.756 e. The fourth-order valence-electron chi connectivity index (χ4n) is 8.87. The van der Waals surface area contributed by atoms with Gasteiger partial charge < -0.3 is 28.8 Å². The summed E-state index contributed by atoms with van der Waals surface area (Å²) in [6.07, 6.45) is 75.7. The van der Waals surface area contributed by atoms with Crippen LogP contribution in [0, 0.1) is 0 Å². The highest BCUT2D eigenvalue weighted by Crippen LogP contribution is 2.38. The van der Waals surface area contributed by atoms with Gasteiger partial charge in [-0.25, -0.2) is 0 Å². The van der Waals surface area contributed by atoms with Crippen LogP contribution in [0.2, 0.25) is 0 Å². The van der Waals surface area contributed by atoms with Gasteiger partial charge in [0.15, 0.2) is 0 Å². The molecule has 426 valence electrons. The van der Waals surface area contributed by atoms with Crippen LogP contribution in [-0.4, -0.2) is 68.5 Å². The van der Waals surface area contributed by atoms with Gasteiger partial charge in [0.05, 0.1) is 39.9 Å². The summed E-state index contributed by atoms with van der Waals surface area (Å²) in [6.45, 7) is 4.54. The summed E-state index contributed by atoms with van der Waals surface area (Å²) in [4.78, 5) is 25.5. The summed E-state index contributed by atoms with van der Waals surface area (Å²) in [5.41, 5.74) is 0. The van der Waals surface area contributed by atoms with Gasteiger partial charge in [-0.15, -0.1) is 0 Å². The zero-order valence-corrected chi connectivity index (χ0v) is 49.5. The van der Waals surface area contributed by atoms with Crippen LogP contribution in [0.25, 0.3) is 0 Å². The van der Waals surface area contributed by atoms with Gasteiger partial charge in [-0.1, -0.05) is 273 Å². The number of nitrogens with one attached hydrogen (secondary N) is 1. The van der Waals surface area contributed by atoms with Crippen molar-refractivity contribution in [1.82, 2.24) is 5.32 Å². The van der Waals surface area contributed by atoms with Gasteiger partial charge in [-0.3, -0.25) is 9.36 Å². The number of rotatable bonds is 56. The number of allylic oxidation sites excluding steroid dienone is 11. The Bertz CT molecular complexity index is 1420. The highest BCUT2D eigenvalue weighted by molar-refractivity contribution is 7.45. The Morgan fingerprint density at radius 3 is 1.27 bits per heavy atom. The van der Waals surface area contributed by atoms with Crippen molar-refractivity contribution in [2.45, 2.75) is 289 Å². The fraction of sp³-hybridized carbons (Fsp3) is 0.797. The maximum atomic E-state index is 13.0. The van der Waals surface area contributed by atoms with Crippen molar-refractivity contribution in [1.29, 1.82) is 0 Å². The van der Waals surface area contributed by atoms with Crippen LogP contribution < -0.4 is 10.2 Å². The van der Waals surface area contributed by atoms with Crippen molar-refractivity contribution < 1.29 is 32.9 Å². The molecule has 3 unspecified atom stereocenters. The summed E-state index contributed by atoms with van der Waals surface area (Å²) in [7, 11) is 1.24. The molecule has 0 rings (SSSR count). The van der Waals surface area contributed by atoms with Crippen LogP contribution in [0.15, 0.2) is 72.9 Å². The molecule has 0 aliphatic rings. The maximum Gasteiger partial charge on any atom is 0.268 e. The molecule has 0 bridgehead atoms. The molecule has 0 saturated carbocycles. The molecule has 0 aromatic heterocycles. The zero-order valence-electron chi connectivity index (χ0n) is 48.6. The van der Waals surface area contributed by atoms with E-state index < -0.39 is 26.6 Å². The van der Waals surface area contributed by atoms with Crippen LogP contribution in [0.1, 0.15) is 277 Å². The molecule has 1 amide bonds. The first kappa shape index (κ1) is 70.9. The van der Waals surface area contributed by atoms with E-state index in [9.17, 15) is 19.4 Å². The van der Waals surface area contributed by atoms with E-state index >= 15 is 0 Å². The number of aliphatic hydroxyl groups excluding tert-OH is 1. The van der Waals surface area contributed by atoms with Crippen LogP contribution >= 0.6 is 7.82 Å². The van der Waals surface area contributed by atoms with Gasteiger partial charge in [0.2, 0.25) is 5.91 Å². The Hall–Kier alpha value is -2.06. The lowest BCUT2D eigenvalue weighted by atomic mass is 10.0. The highest BCUT2D eigenvalue weighted by atomic mass is 31.2. The normalized spacial score (nSPS) is 14.3. The molecule has 0 fully saturated rings. The Balaban J connectivity index is 4.21. The van der Waals surface area contributed by atoms with E-state index in [0.29, 0.717) is 17.4 Å². The number of phosphoric acid groups is 1. The molecule has 0 aromatic carbocycles. The monoisotopic (exact) mass is 1040 g/mol. The smallest absolute Gasteiger partial charge is 0.268 e. The fourth-order valence-corrected chi connectivity index (χ4v) is 9.59. The van der Waals surface area contributed by atoms with Crippen LogP contribution in [-0.2, 0) is 18.4 Å². The number of aliphatic hydroxyl groups is 1. The van der Waals surface area contributed by atoms with Gasteiger partial charge in [-0.05, 0) is 70.6 Å². The molecule has 0 saturated heterocycles. The molecule has 0 heterocycles. The molecule has 0 radical (unpaired) electrons. The van der Waals surface area contributed by atoms with E-state index in [-0.39, 0.29) is 12.5 Å². The number of nitrogens with zero attached hydrogens (tertiary/aromatic N) is 1. The Labute approximate surface area is 453 Å². The first-order chi connectivity index (χ1) is 35.5. The minimum absolute atomic E-state index is 0.00976. The first-order valence-electron chi connectivity index (χ1n) is 30.8. The van der Waals surface area contributed by atoms with E-state index in [2.05, 4.69) is 79.9 Å². The lowest BCUT2D eigenvalue weighted by Gasteiger charge is -2.29. The van der Waals surface area contributed by atoms with E-state index in [1.807, 2.05) is 27.2 Å². The number of unbranched alkanes of at least 4 members (excludes halogenated alkanes) is 33. The molecular weight excluding hydrogens is 924 g/mol. The summed E-state index contributed by atoms with van der Waals surface area (Å²) in [6, 6.07) is -0.911. The molecule has 8 nitrogen and oxygen atoms in total. The highest BCUT2D eigenvalue weighted by Gasteiger charge is 2.23. The van der Waals surface area contributed by atoms with Crippen LogP contribution in [0.3, 0.4) is 0 Å². The van der Waals surface area contributed by atoms with Crippen molar-refractivity contribution >= 4 is 13.7 Å². The Kier molecular flexibility index (Phi) is 53.2.